The minimum Gasteiger partial charge on any atom is -0.465 e. The minimum atomic E-state index is -1.31. The third-order valence-corrected chi connectivity index (χ3v) is 3.31. The summed E-state index contributed by atoms with van der Waals surface area (Å²) in [5.41, 5.74) is 0. The van der Waals surface area contributed by atoms with Crippen LogP contribution in [0.4, 0.5) is 0 Å². The number of ether oxygens (including phenoxy) is 5. The number of ketones is 1. The van der Waals surface area contributed by atoms with Crippen LogP contribution in [0.1, 0.15) is 41.5 Å². The molecule has 1 aliphatic rings. The van der Waals surface area contributed by atoms with Crippen LogP contribution in [0.2, 0.25) is 0 Å². The second kappa shape index (κ2) is 20.6. The molecule has 0 radical (unpaired) electrons. The van der Waals surface area contributed by atoms with Crippen molar-refractivity contribution in [1.82, 2.24) is 0 Å². The van der Waals surface area contributed by atoms with Crippen LogP contribution >= 0.6 is 0 Å². The maximum atomic E-state index is 10.9. The van der Waals surface area contributed by atoms with Crippen LogP contribution in [0, 0.1) is 5.92 Å². The van der Waals surface area contributed by atoms with E-state index in [1.807, 2.05) is 0 Å². The molecule has 1 N–H and O–H groups in total. The number of hydrogen-bond acceptors (Lipinski definition) is 11. The number of esters is 4. The summed E-state index contributed by atoms with van der Waals surface area (Å²) in [4.78, 5) is 54.0. The maximum absolute atomic E-state index is 10.9. The summed E-state index contributed by atoms with van der Waals surface area (Å²) < 4.78 is 23.1. The number of allylic oxidation sites excluding steroid dienone is 2. The van der Waals surface area contributed by atoms with Gasteiger partial charge in [0.1, 0.15) is 0 Å². The van der Waals surface area contributed by atoms with Gasteiger partial charge in [-0.2, -0.15) is 0 Å². The molecule has 0 spiro atoms. The number of carbonyl (C=O) groups excluding carboxylic acids is 5. The lowest BCUT2D eigenvalue weighted by atomic mass is 10.0. The van der Waals surface area contributed by atoms with E-state index in [-0.39, 0.29) is 18.0 Å². The van der Waals surface area contributed by atoms with E-state index in [9.17, 15) is 24.0 Å². The molecule has 0 aromatic heterocycles. The molecule has 0 amide bonds. The van der Waals surface area contributed by atoms with E-state index in [1.54, 1.807) is 47.6 Å². The Kier molecular flexibility index (Phi) is 19.7. The predicted octanol–water partition coefficient (Wildman–Crippen LogP) is 2.33. The van der Waals surface area contributed by atoms with Gasteiger partial charge in [0.15, 0.2) is 0 Å². The Bertz CT molecular complexity index is 763. The highest BCUT2D eigenvalue weighted by molar-refractivity contribution is 5.92. The van der Waals surface area contributed by atoms with E-state index in [2.05, 4.69) is 20.8 Å². The molecule has 0 saturated carbocycles. The lowest BCUT2D eigenvalue weighted by molar-refractivity contribution is -0.150. The van der Waals surface area contributed by atoms with Gasteiger partial charge in [-0.25, -0.2) is 19.2 Å². The smallest absolute Gasteiger partial charge is 0.331 e. The van der Waals surface area contributed by atoms with Crippen molar-refractivity contribution in [3.8, 4) is 0 Å². The standard InChI is InChI=1S/C10H16O4.C8H12O4.C7H8O3/c1-7(2)13-9(11)5-6-10(12)14-8(3)4;1-3-11-7(9)5-6-8(10)12-4-2;1-2-5-3-4-10-7(9)6(5)8/h5-8H,1-4H3;5-6H,3-4H2,1-2H3;2-5,7,9H,1H2. The molecule has 11 nitrogen and oxygen atoms in total. The molecule has 1 rings (SSSR count). The number of aliphatic hydroxyl groups is 1. The van der Waals surface area contributed by atoms with Crippen LogP contribution in [0.5, 0.6) is 0 Å². The Hall–Kier alpha value is -3.73. The fraction of sp³-hybridized carbons (Fsp3) is 0.480. The van der Waals surface area contributed by atoms with E-state index >= 15 is 0 Å². The highest BCUT2D eigenvalue weighted by Gasteiger charge is 2.24. The molecule has 2 unspecified atom stereocenters. The molecule has 1 aliphatic heterocycles. The summed E-state index contributed by atoms with van der Waals surface area (Å²) in [5.74, 6) is -2.92. The van der Waals surface area contributed by atoms with Gasteiger partial charge in [-0.15, -0.1) is 6.58 Å². The van der Waals surface area contributed by atoms with Crippen molar-refractivity contribution in [3.63, 3.8) is 0 Å². The van der Waals surface area contributed by atoms with E-state index in [0.717, 1.165) is 24.3 Å². The fourth-order valence-corrected chi connectivity index (χ4v) is 1.92. The maximum Gasteiger partial charge on any atom is 0.331 e. The molecule has 11 heteroatoms. The third-order valence-electron chi connectivity index (χ3n) is 3.31. The van der Waals surface area contributed by atoms with Crippen LogP contribution in [0.15, 0.2) is 49.3 Å². The van der Waals surface area contributed by atoms with Crippen molar-refractivity contribution in [2.24, 2.45) is 5.92 Å². The summed E-state index contributed by atoms with van der Waals surface area (Å²) in [6.45, 7) is 14.3. The van der Waals surface area contributed by atoms with E-state index in [0.29, 0.717) is 13.2 Å². The van der Waals surface area contributed by atoms with Gasteiger partial charge < -0.3 is 28.8 Å². The predicted molar refractivity (Wildman–Crippen MR) is 129 cm³/mol. The van der Waals surface area contributed by atoms with Gasteiger partial charge in [0, 0.05) is 24.3 Å². The Morgan fingerprint density at radius 2 is 1.28 bits per heavy atom. The number of rotatable bonds is 9. The molecule has 0 fully saturated rings. The highest BCUT2D eigenvalue weighted by Crippen LogP contribution is 2.12. The van der Waals surface area contributed by atoms with Gasteiger partial charge in [0.25, 0.3) is 6.29 Å². The summed E-state index contributed by atoms with van der Waals surface area (Å²) >= 11 is 0. The topological polar surface area (TPSA) is 152 Å². The molecule has 0 bridgehead atoms. The highest BCUT2D eigenvalue weighted by atomic mass is 16.6. The Balaban J connectivity index is 0. The molecular weight excluding hydrogens is 476 g/mol. The zero-order valence-electron chi connectivity index (χ0n) is 21.5. The fourth-order valence-electron chi connectivity index (χ4n) is 1.92. The molecule has 202 valence electrons. The Morgan fingerprint density at radius 3 is 1.58 bits per heavy atom. The monoisotopic (exact) mass is 512 g/mol. The average Bonchev–Trinajstić information content (AvgIpc) is 2.79. The number of aliphatic hydroxyl groups excluding tert-OH is 1. The van der Waals surface area contributed by atoms with E-state index < -0.39 is 36.1 Å². The zero-order valence-corrected chi connectivity index (χ0v) is 21.5. The van der Waals surface area contributed by atoms with Crippen molar-refractivity contribution in [3.05, 3.63) is 49.3 Å². The first-order chi connectivity index (χ1) is 16.9. The molecule has 0 aromatic rings. The normalized spacial score (nSPS) is 16.3. The van der Waals surface area contributed by atoms with Crippen molar-refractivity contribution < 1.29 is 52.8 Å². The van der Waals surface area contributed by atoms with Crippen molar-refractivity contribution in [1.29, 1.82) is 0 Å². The summed E-state index contributed by atoms with van der Waals surface area (Å²) in [6, 6.07) is 0. The minimum absolute atomic E-state index is 0.187. The van der Waals surface area contributed by atoms with Gasteiger partial charge in [-0.1, -0.05) is 6.08 Å². The number of carbonyl (C=O) groups is 5. The van der Waals surface area contributed by atoms with Gasteiger partial charge in [0.2, 0.25) is 5.78 Å². The number of Topliss-reactive ketones (excluding diaryl/α,β-unsaturated/α-hetero) is 1. The second-order valence-corrected chi connectivity index (χ2v) is 7.12. The molecule has 2 atom stereocenters. The third kappa shape index (κ3) is 19.7. The summed E-state index contributed by atoms with van der Waals surface area (Å²) in [6.07, 6.45) is 6.83. The molecule has 1 heterocycles. The summed E-state index contributed by atoms with van der Waals surface area (Å²) in [7, 11) is 0. The van der Waals surface area contributed by atoms with Crippen LogP contribution in [0.25, 0.3) is 0 Å². The molecule has 0 aliphatic carbocycles. The van der Waals surface area contributed by atoms with Gasteiger partial charge in [-0.05, 0) is 47.6 Å². The van der Waals surface area contributed by atoms with Crippen LogP contribution < -0.4 is 0 Å². The van der Waals surface area contributed by atoms with Gasteiger partial charge >= 0.3 is 23.9 Å². The van der Waals surface area contributed by atoms with Crippen molar-refractivity contribution in [2.45, 2.75) is 60.0 Å². The van der Waals surface area contributed by atoms with Gasteiger partial charge in [-0.3, -0.25) is 4.79 Å². The SMILES string of the molecule is C=CC1C=COC(O)C1=O.CC(C)OC(=O)C=CC(=O)OC(C)C.CCOC(=O)C=CC(=O)OCC. The van der Waals surface area contributed by atoms with Crippen LogP contribution in [0.3, 0.4) is 0 Å². The first kappa shape index (κ1) is 34.4. The van der Waals surface area contributed by atoms with Crippen molar-refractivity contribution >= 4 is 29.7 Å². The van der Waals surface area contributed by atoms with Gasteiger partial charge in [0.05, 0.1) is 37.6 Å². The number of hydrogen-bond donors (Lipinski definition) is 1. The lowest BCUT2D eigenvalue weighted by Gasteiger charge is -2.16. The lowest BCUT2D eigenvalue weighted by Crippen LogP contribution is -2.30. The average molecular weight is 513 g/mol. The van der Waals surface area contributed by atoms with E-state index in [1.165, 1.54) is 12.3 Å². The first-order valence-corrected chi connectivity index (χ1v) is 11.1. The first-order valence-electron chi connectivity index (χ1n) is 11.1. The van der Waals surface area contributed by atoms with Crippen LogP contribution in [-0.4, -0.2) is 66.5 Å². The second-order valence-electron chi connectivity index (χ2n) is 7.12. The molecule has 0 aromatic carbocycles. The largest absolute Gasteiger partial charge is 0.465 e. The molecule has 36 heavy (non-hydrogen) atoms. The summed E-state index contributed by atoms with van der Waals surface area (Å²) in [5, 5.41) is 8.81. The Morgan fingerprint density at radius 1 is 0.889 bits per heavy atom. The van der Waals surface area contributed by atoms with E-state index in [4.69, 9.17) is 14.6 Å². The van der Waals surface area contributed by atoms with Crippen molar-refractivity contribution in [2.75, 3.05) is 13.2 Å². The Labute approximate surface area is 211 Å². The molecule has 0 saturated heterocycles. The zero-order chi connectivity index (χ0) is 28.1. The quantitative estimate of drug-likeness (QED) is 0.210. The molecular formula is C25H36O11. The van der Waals surface area contributed by atoms with Crippen LogP contribution in [-0.2, 0) is 47.7 Å².